The van der Waals surface area contributed by atoms with Gasteiger partial charge in [0.15, 0.2) is 11.6 Å². The van der Waals surface area contributed by atoms with E-state index >= 15 is 4.39 Å². The van der Waals surface area contributed by atoms with Crippen molar-refractivity contribution in [2.24, 2.45) is 5.41 Å². The molecule has 2 atom stereocenters. The molecule has 0 radical (unpaired) electrons. The monoisotopic (exact) mass is 493 g/mol. The number of hydrogen-bond donors (Lipinski definition) is 2. The normalized spacial score (nSPS) is 21.4. The lowest BCUT2D eigenvalue weighted by atomic mass is 9.72. The first-order valence-electron chi connectivity index (χ1n) is 11.8. The van der Waals surface area contributed by atoms with Gasteiger partial charge in [0.2, 0.25) is 0 Å². The van der Waals surface area contributed by atoms with Crippen LogP contribution in [0.4, 0.5) is 16.0 Å². The molecule has 0 saturated carbocycles. The number of aromatic nitrogens is 3. The lowest BCUT2D eigenvalue weighted by molar-refractivity contribution is -0.170. The highest BCUT2D eigenvalue weighted by Crippen LogP contribution is 2.39. The Hall–Kier alpha value is -2.19. The van der Waals surface area contributed by atoms with Crippen LogP contribution < -0.4 is 10.6 Å². The van der Waals surface area contributed by atoms with Crippen LogP contribution in [0.2, 0.25) is 5.02 Å². The number of esters is 1. The lowest BCUT2D eigenvalue weighted by Crippen LogP contribution is -2.50. The van der Waals surface area contributed by atoms with E-state index in [2.05, 4.69) is 41.5 Å². The van der Waals surface area contributed by atoms with Crippen LogP contribution in [0.1, 0.15) is 72.7 Å². The van der Waals surface area contributed by atoms with Gasteiger partial charge in [-0.05, 0) is 74.8 Å². The summed E-state index contributed by atoms with van der Waals surface area (Å²) < 4.78 is 22.8. The van der Waals surface area contributed by atoms with Gasteiger partial charge in [0, 0.05) is 30.3 Å². The van der Waals surface area contributed by atoms with Crippen molar-refractivity contribution in [3.05, 3.63) is 34.4 Å². The van der Waals surface area contributed by atoms with E-state index < -0.39 is 16.8 Å². The topological polar surface area (TPSA) is 81.1 Å². The predicted molar refractivity (Wildman–Crippen MR) is 133 cm³/mol. The van der Waals surface area contributed by atoms with Crippen molar-refractivity contribution in [3.8, 4) is 0 Å². The molecule has 0 aliphatic carbocycles. The molecule has 0 spiro atoms. The van der Waals surface area contributed by atoms with Crippen molar-refractivity contribution in [2.45, 2.75) is 91.8 Å². The van der Waals surface area contributed by atoms with E-state index in [-0.39, 0.29) is 34.7 Å². The maximum Gasteiger partial charge on any atom is 0.313 e. The molecule has 0 aromatic carbocycles. The Labute approximate surface area is 206 Å². The highest BCUT2D eigenvalue weighted by atomic mass is 35.5. The summed E-state index contributed by atoms with van der Waals surface area (Å²) >= 11 is 6.26. The molecule has 0 amide bonds. The molecular formula is C25H37ClFN5O2. The van der Waals surface area contributed by atoms with Gasteiger partial charge in [-0.2, -0.15) is 5.10 Å². The third-order valence-electron chi connectivity index (χ3n) is 5.89. The number of nitrogens with one attached hydrogen (secondary N) is 2. The highest BCUT2D eigenvalue weighted by molar-refractivity contribution is 6.31. The minimum absolute atomic E-state index is 0.0548. The predicted octanol–water partition coefficient (Wildman–Crippen LogP) is 5.52. The average Bonchev–Trinajstić information content (AvgIpc) is 3.05. The number of aryl methyl sites for hydroxylation is 1. The van der Waals surface area contributed by atoms with E-state index in [4.69, 9.17) is 16.3 Å². The molecule has 1 saturated heterocycles. The van der Waals surface area contributed by atoms with Gasteiger partial charge < -0.3 is 15.4 Å². The Morgan fingerprint density at radius 1 is 1.29 bits per heavy atom. The van der Waals surface area contributed by atoms with Gasteiger partial charge in [-0.3, -0.25) is 9.48 Å². The Morgan fingerprint density at radius 2 is 1.97 bits per heavy atom. The SMILES string of the molecule is Cc1cc(Nc2cc(Cl)c(F)c(C[C@@]3(C(=O)OC(C)(C)C)CCN[C@H](C)C3)n2)nn1C(C)(C)C. The second-order valence-electron chi connectivity index (χ2n) is 11.4. The zero-order valence-corrected chi connectivity index (χ0v) is 22.2. The van der Waals surface area contributed by atoms with Crippen molar-refractivity contribution in [1.82, 2.24) is 20.1 Å². The van der Waals surface area contributed by atoms with Crippen LogP contribution in [0.15, 0.2) is 12.1 Å². The Bertz CT molecular complexity index is 1060. The molecule has 1 aliphatic heterocycles. The zero-order chi connectivity index (χ0) is 25.5. The number of carbonyl (C=O) groups is 1. The summed E-state index contributed by atoms with van der Waals surface area (Å²) in [5, 5.41) is 11.1. The quantitative estimate of drug-likeness (QED) is 0.534. The number of anilines is 2. The summed E-state index contributed by atoms with van der Waals surface area (Å²) in [7, 11) is 0. The molecule has 3 heterocycles. The smallest absolute Gasteiger partial charge is 0.313 e. The number of hydrogen-bond acceptors (Lipinski definition) is 6. The Balaban J connectivity index is 1.95. The number of rotatable bonds is 5. The molecule has 9 heteroatoms. The fourth-order valence-electron chi connectivity index (χ4n) is 4.52. The molecule has 1 fully saturated rings. The molecule has 34 heavy (non-hydrogen) atoms. The van der Waals surface area contributed by atoms with Crippen molar-refractivity contribution in [3.63, 3.8) is 0 Å². The van der Waals surface area contributed by atoms with E-state index in [1.807, 2.05) is 45.4 Å². The van der Waals surface area contributed by atoms with E-state index in [0.29, 0.717) is 31.0 Å². The summed E-state index contributed by atoms with van der Waals surface area (Å²) in [6.45, 7) is 16.3. The average molecular weight is 494 g/mol. The Morgan fingerprint density at radius 3 is 2.53 bits per heavy atom. The second kappa shape index (κ2) is 9.46. The van der Waals surface area contributed by atoms with E-state index in [1.54, 1.807) is 0 Å². The van der Waals surface area contributed by atoms with Crippen LogP contribution in [0.5, 0.6) is 0 Å². The molecule has 1 aliphatic rings. The minimum Gasteiger partial charge on any atom is -0.460 e. The molecule has 2 aromatic rings. The van der Waals surface area contributed by atoms with Gasteiger partial charge in [-0.25, -0.2) is 9.37 Å². The third-order valence-corrected chi connectivity index (χ3v) is 6.17. The minimum atomic E-state index is -0.891. The second-order valence-corrected chi connectivity index (χ2v) is 11.8. The summed E-state index contributed by atoms with van der Waals surface area (Å²) in [6, 6.07) is 3.43. The number of nitrogens with zero attached hydrogens (tertiary/aromatic N) is 3. The zero-order valence-electron chi connectivity index (χ0n) is 21.5. The maximum absolute atomic E-state index is 15.2. The number of pyridine rings is 1. The van der Waals surface area contributed by atoms with Crippen LogP contribution in [0, 0.1) is 18.2 Å². The molecule has 3 rings (SSSR count). The maximum atomic E-state index is 15.2. The summed E-state index contributed by atoms with van der Waals surface area (Å²) in [5.74, 6) is 0.0218. The number of piperidine rings is 1. The van der Waals surface area contributed by atoms with Crippen LogP contribution in [-0.4, -0.2) is 38.9 Å². The fourth-order valence-corrected chi connectivity index (χ4v) is 4.73. The van der Waals surface area contributed by atoms with Gasteiger partial charge in [0.05, 0.1) is 21.7 Å². The van der Waals surface area contributed by atoms with Gasteiger partial charge in [0.1, 0.15) is 11.4 Å². The van der Waals surface area contributed by atoms with Crippen LogP contribution >= 0.6 is 11.6 Å². The molecule has 7 nitrogen and oxygen atoms in total. The van der Waals surface area contributed by atoms with Crippen molar-refractivity contribution in [1.29, 1.82) is 0 Å². The van der Waals surface area contributed by atoms with Crippen molar-refractivity contribution >= 4 is 29.2 Å². The van der Waals surface area contributed by atoms with Gasteiger partial charge >= 0.3 is 5.97 Å². The third kappa shape index (κ3) is 6.08. The first kappa shape index (κ1) is 26.4. The highest BCUT2D eigenvalue weighted by Gasteiger charge is 2.45. The first-order valence-corrected chi connectivity index (χ1v) is 12.1. The van der Waals surface area contributed by atoms with Gasteiger partial charge in [-0.15, -0.1) is 0 Å². The standard InChI is InChI=1S/C25H37ClFN5O2/c1-15-13-25(9-10-28-15,22(33)34-24(6,7)8)14-18-21(27)17(26)12-19(29-18)30-20-11-16(2)32(31-20)23(3,4)5/h11-12,15,28H,9-10,13-14H2,1-8H3,(H,29,30,31)/t15-,25-/m1/s1. The lowest BCUT2D eigenvalue weighted by Gasteiger charge is -2.40. The van der Waals surface area contributed by atoms with Gasteiger partial charge in [-0.1, -0.05) is 11.6 Å². The van der Waals surface area contributed by atoms with Crippen LogP contribution in [0.25, 0.3) is 0 Å². The van der Waals surface area contributed by atoms with E-state index in [9.17, 15) is 4.79 Å². The first-order chi connectivity index (χ1) is 15.6. The van der Waals surface area contributed by atoms with Gasteiger partial charge in [0.25, 0.3) is 0 Å². The molecule has 2 N–H and O–H groups in total. The van der Waals surface area contributed by atoms with Crippen molar-refractivity contribution in [2.75, 3.05) is 11.9 Å². The number of ether oxygens (including phenoxy) is 1. The fraction of sp³-hybridized carbons (Fsp3) is 0.640. The molecule has 0 unspecified atom stereocenters. The Kier molecular flexibility index (Phi) is 7.35. The molecule has 2 aromatic heterocycles. The van der Waals surface area contributed by atoms with Crippen LogP contribution in [-0.2, 0) is 21.5 Å². The van der Waals surface area contributed by atoms with E-state index in [0.717, 1.165) is 5.69 Å². The molecular weight excluding hydrogens is 457 g/mol. The van der Waals surface area contributed by atoms with E-state index in [1.165, 1.54) is 6.07 Å². The number of carbonyl (C=O) groups excluding carboxylic acids is 1. The van der Waals surface area contributed by atoms with Crippen molar-refractivity contribution < 1.29 is 13.9 Å². The molecule has 0 bridgehead atoms. The summed E-state index contributed by atoms with van der Waals surface area (Å²) in [6.07, 6.45) is 1.15. The largest absolute Gasteiger partial charge is 0.460 e. The van der Waals surface area contributed by atoms with Crippen LogP contribution in [0.3, 0.4) is 0 Å². The summed E-state index contributed by atoms with van der Waals surface area (Å²) in [5.41, 5.74) is -0.597. The number of halogens is 2. The summed E-state index contributed by atoms with van der Waals surface area (Å²) in [4.78, 5) is 17.9. The molecule has 188 valence electrons.